The molecule has 6 heteroatoms. The van der Waals surface area contributed by atoms with Crippen LogP contribution in [0.5, 0.6) is 0 Å². The van der Waals surface area contributed by atoms with Crippen LogP contribution in [0.1, 0.15) is 34.3 Å². The maximum absolute atomic E-state index is 13.3. The SMILES string of the molecule is Cc1ccc(C)c2sc(N(CC3CCCO3)C(=O)c3cccc(Br)c3)nc12. The molecule has 1 saturated heterocycles. The minimum Gasteiger partial charge on any atom is -0.376 e. The number of amides is 1. The second kappa shape index (κ2) is 7.70. The standard InChI is InChI=1S/C21H21BrN2O2S/c1-13-8-9-14(2)19-18(13)23-21(27-19)24(12-17-7-4-10-26-17)20(25)15-5-3-6-16(22)11-15/h3,5-6,8-9,11,17H,4,7,10,12H2,1-2H3. The molecule has 0 saturated carbocycles. The fourth-order valence-electron chi connectivity index (χ4n) is 3.38. The quantitative estimate of drug-likeness (QED) is 0.533. The van der Waals surface area contributed by atoms with Crippen LogP contribution in [0.2, 0.25) is 0 Å². The Kier molecular flexibility index (Phi) is 5.30. The van der Waals surface area contributed by atoms with Gasteiger partial charge in [-0.1, -0.05) is 45.5 Å². The molecule has 0 radical (unpaired) electrons. The van der Waals surface area contributed by atoms with Gasteiger partial charge in [-0.3, -0.25) is 9.69 Å². The summed E-state index contributed by atoms with van der Waals surface area (Å²) in [5.74, 6) is -0.0406. The van der Waals surface area contributed by atoms with Crippen molar-refractivity contribution in [3.63, 3.8) is 0 Å². The second-order valence-corrected chi connectivity index (χ2v) is 8.83. The van der Waals surface area contributed by atoms with Crippen LogP contribution in [-0.4, -0.2) is 30.1 Å². The van der Waals surface area contributed by atoms with Crippen molar-refractivity contribution in [1.82, 2.24) is 4.98 Å². The molecule has 1 aliphatic rings. The maximum atomic E-state index is 13.3. The Balaban J connectivity index is 1.76. The minimum atomic E-state index is -0.0406. The Morgan fingerprint density at radius 3 is 2.81 bits per heavy atom. The second-order valence-electron chi connectivity index (χ2n) is 6.93. The lowest BCUT2D eigenvalue weighted by Gasteiger charge is -2.23. The van der Waals surface area contributed by atoms with Crippen molar-refractivity contribution >= 4 is 48.5 Å². The van der Waals surface area contributed by atoms with E-state index in [1.807, 2.05) is 24.3 Å². The Hall–Kier alpha value is -1.76. The first-order valence-electron chi connectivity index (χ1n) is 9.08. The molecule has 0 spiro atoms. The molecule has 1 amide bonds. The number of halogens is 1. The zero-order chi connectivity index (χ0) is 19.0. The Bertz CT molecular complexity index is 956. The van der Waals surface area contributed by atoms with Crippen LogP contribution < -0.4 is 4.90 Å². The van der Waals surface area contributed by atoms with Gasteiger partial charge < -0.3 is 4.74 Å². The Morgan fingerprint density at radius 1 is 1.30 bits per heavy atom. The summed E-state index contributed by atoms with van der Waals surface area (Å²) in [4.78, 5) is 20.0. The van der Waals surface area contributed by atoms with Crippen LogP contribution in [0.4, 0.5) is 5.13 Å². The van der Waals surface area contributed by atoms with Crippen LogP contribution in [-0.2, 0) is 4.74 Å². The van der Waals surface area contributed by atoms with Gasteiger partial charge >= 0.3 is 0 Å². The summed E-state index contributed by atoms with van der Waals surface area (Å²) in [6, 6.07) is 11.7. The molecule has 1 aliphatic heterocycles. The van der Waals surface area contributed by atoms with Crippen molar-refractivity contribution in [2.45, 2.75) is 32.8 Å². The van der Waals surface area contributed by atoms with E-state index in [-0.39, 0.29) is 12.0 Å². The zero-order valence-corrected chi connectivity index (χ0v) is 17.8. The van der Waals surface area contributed by atoms with E-state index in [2.05, 4.69) is 41.9 Å². The number of fused-ring (bicyclic) bond motifs is 1. The molecule has 1 aromatic heterocycles. The normalized spacial score (nSPS) is 16.8. The zero-order valence-electron chi connectivity index (χ0n) is 15.4. The first kappa shape index (κ1) is 18.6. The summed E-state index contributed by atoms with van der Waals surface area (Å²) in [5, 5.41) is 0.739. The maximum Gasteiger partial charge on any atom is 0.260 e. The fourth-order valence-corrected chi connectivity index (χ4v) is 4.90. The number of carbonyl (C=O) groups is 1. The molecule has 1 atom stereocenters. The van der Waals surface area contributed by atoms with Crippen LogP contribution in [0, 0.1) is 13.8 Å². The summed E-state index contributed by atoms with van der Waals surface area (Å²) in [5.41, 5.74) is 3.95. The lowest BCUT2D eigenvalue weighted by Crippen LogP contribution is -2.37. The largest absolute Gasteiger partial charge is 0.376 e. The molecule has 4 rings (SSSR count). The molecular formula is C21H21BrN2O2S. The van der Waals surface area contributed by atoms with Gasteiger partial charge in [-0.15, -0.1) is 0 Å². The van der Waals surface area contributed by atoms with Gasteiger partial charge in [0.15, 0.2) is 5.13 Å². The fraction of sp³-hybridized carbons (Fsp3) is 0.333. The van der Waals surface area contributed by atoms with Crippen LogP contribution in [0.15, 0.2) is 40.9 Å². The highest BCUT2D eigenvalue weighted by Gasteiger charge is 2.27. The molecular weight excluding hydrogens is 424 g/mol. The van der Waals surface area contributed by atoms with Gasteiger partial charge in [0.2, 0.25) is 0 Å². The smallest absolute Gasteiger partial charge is 0.260 e. The summed E-state index contributed by atoms with van der Waals surface area (Å²) in [7, 11) is 0. The van der Waals surface area contributed by atoms with E-state index in [1.165, 1.54) is 5.56 Å². The molecule has 4 nitrogen and oxygen atoms in total. The van der Waals surface area contributed by atoms with Gasteiger partial charge in [0, 0.05) is 16.6 Å². The average Bonchev–Trinajstić information content (AvgIpc) is 3.32. The van der Waals surface area contributed by atoms with E-state index in [0.717, 1.165) is 44.8 Å². The van der Waals surface area contributed by atoms with Gasteiger partial charge in [-0.2, -0.15) is 0 Å². The number of anilines is 1. The van der Waals surface area contributed by atoms with Crippen LogP contribution in [0.25, 0.3) is 10.2 Å². The Labute approximate surface area is 171 Å². The van der Waals surface area contributed by atoms with E-state index in [0.29, 0.717) is 12.1 Å². The molecule has 0 N–H and O–H groups in total. The van der Waals surface area contributed by atoms with Gasteiger partial charge in [0.25, 0.3) is 5.91 Å². The van der Waals surface area contributed by atoms with Crippen molar-refractivity contribution in [1.29, 1.82) is 0 Å². The van der Waals surface area contributed by atoms with Gasteiger partial charge in [0.1, 0.15) is 0 Å². The number of aromatic nitrogens is 1. The number of thiazole rings is 1. The number of nitrogens with zero attached hydrogens (tertiary/aromatic N) is 2. The molecule has 3 aromatic rings. The third kappa shape index (κ3) is 3.79. The summed E-state index contributed by atoms with van der Waals surface area (Å²) in [6.07, 6.45) is 2.09. The predicted molar refractivity (Wildman–Crippen MR) is 114 cm³/mol. The highest BCUT2D eigenvalue weighted by atomic mass is 79.9. The van der Waals surface area contributed by atoms with E-state index in [4.69, 9.17) is 9.72 Å². The monoisotopic (exact) mass is 444 g/mol. The lowest BCUT2D eigenvalue weighted by atomic mass is 10.1. The van der Waals surface area contributed by atoms with Gasteiger partial charge in [-0.05, 0) is 56.0 Å². The Morgan fingerprint density at radius 2 is 2.11 bits per heavy atom. The highest BCUT2D eigenvalue weighted by molar-refractivity contribution is 9.10. The number of hydrogen-bond acceptors (Lipinski definition) is 4. The first-order valence-corrected chi connectivity index (χ1v) is 10.7. The van der Waals surface area contributed by atoms with Crippen LogP contribution in [0.3, 0.4) is 0 Å². The van der Waals surface area contributed by atoms with Gasteiger partial charge in [-0.25, -0.2) is 4.98 Å². The summed E-state index contributed by atoms with van der Waals surface area (Å²) >= 11 is 5.05. The van der Waals surface area contributed by atoms with Gasteiger partial charge in [0.05, 0.1) is 22.9 Å². The molecule has 27 heavy (non-hydrogen) atoms. The summed E-state index contributed by atoms with van der Waals surface area (Å²) in [6.45, 7) is 5.45. The molecule has 1 unspecified atom stereocenters. The van der Waals surface area contributed by atoms with Crippen molar-refractivity contribution in [3.8, 4) is 0 Å². The molecule has 2 aromatic carbocycles. The van der Waals surface area contributed by atoms with Crippen LogP contribution >= 0.6 is 27.3 Å². The number of hydrogen-bond donors (Lipinski definition) is 0. The molecule has 0 bridgehead atoms. The van der Waals surface area contributed by atoms with Crippen molar-refractivity contribution in [2.75, 3.05) is 18.1 Å². The highest BCUT2D eigenvalue weighted by Crippen LogP contribution is 2.34. The minimum absolute atomic E-state index is 0.0406. The molecule has 140 valence electrons. The summed E-state index contributed by atoms with van der Waals surface area (Å²) < 4.78 is 7.84. The number of carbonyl (C=O) groups excluding carboxylic acids is 1. The molecule has 2 heterocycles. The third-order valence-corrected chi connectivity index (χ3v) is 6.60. The number of ether oxygens (including phenoxy) is 1. The van der Waals surface area contributed by atoms with E-state index in [9.17, 15) is 4.79 Å². The third-order valence-electron chi connectivity index (χ3n) is 4.89. The van der Waals surface area contributed by atoms with E-state index >= 15 is 0 Å². The predicted octanol–water partition coefficient (Wildman–Crippen LogP) is 5.50. The number of aryl methyl sites for hydroxylation is 2. The average molecular weight is 445 g/mol. The number of benzene rings is 2. The lowest BCUT2D eigenvalue weighted by molar-refractivity contribution is 0.0917. The number of rotatable bonds is 4. The molecule has 0 aliphatic carbocycles. The van der Waals surface area contributed by atoms with E-state index < -0.39 is 0 Å². The molecule has 1 fully saturated rings. The first-order chi connectivity index (χ1) is 13.0. The van der Waals surface area contributed by atoms with Crippen molar-refractivity contribution in [2.24, 2.45) is 0 Å². The van der Waals surface area contributed by atoms with E-state index in [1.54, 1.807) is 16.2 Å². The van der Waals surface area contributed by atoms with Crippen molar-refractivity contribution < 1.29 is 9.53 Å². The van der Waals surface area contributed by atoms with Crippen molar-refractivity contribution in [3.05, 3.63) is 57.6 Å². The topological polar surface area (TPSA) is 42.4 Å².